The van der Waals surface area contributed by atoms with Crippen molar-refractivity contribution in [2.24, 2.45) is 0 Å². The number of anilines is 1. The predicted octanol–water partition coefficient (Wildman–Crippen LogP) is 0.857. The normalized spacial score (nSPS) is 21.7. The molecule has 84 valence electrons. The minimum atomic E-state index is -2.82. The van der Waals surface area contributed by atoms with Crippen molar-refractivity contribution in [3.8, 4) is 0 Å². The van der Waals surface area contributed by atoms with Crippen molar-refractivity contribution < 1.29 is 12.9 Å². The fraction of sp³-hybridized carbons (Fsp3) is 0.667. The predicted molar refractivity (Wildman–Crippen MR) is 56.3 cm³/mol. The molecule has 0 atom stereocenters. The third kappa shape index (κ3) is 1.99. The molecule has 0 aliphatic carbocycles. The lowest BCUT2D eigenvalue weighted by atomic mass is 9.93. The van der Waals surface area contributed by atoms with Crippen molar-refractivity contribution in [1.82, 2.24) is 5.16 Å². The second-order valence-electron chi connectivity index (χ2n) is 3.97. The molecule has 0 saturated carbocycles. The fourth-order valence-corrected chi connectivity index (χ4v) is 3.56. The van der Waals surface area contributed by atoms with Crippen LogP contribution >= 0.6 is 0 Å². The molecule has 1 fully saturated rings. The Hall–Kier alpha value is -1.04. The van der Waals surface area contributed by atoms with Crippen LogP contribution in [0.4, 0.5) is 5.88 Å². The fourth-order valence-electron chi connectivity index (χ4n) is 2.07. The molecule has 2 heterocycles. The number of nitrogens with two attached hydrogens (primary N) is 1. The molecule has 0 radical (unpaired) electrons. The number of aromatic nitrogens is 1. The highest BCUT2D eigenvalue weighted by atomic mass is 32.2. The van der Waals surface area contributed by atoms with Crippen LogP contribution in [0.1, 0.15) is 30.0 Å². The minimum Gasteiger partial charge on any atom is -0.367 e. The maximum atomic E-state index is 11.3. The summed E-state index contributed by atoms with van der Waals surface area (Å²) in [5.41, 5.74) is 7.33. The van der Waals surface area contributed by atoms with E-state index in [1.54, 1.807) is 0 Å². The van der Waals surface area contributed by atoms with Gasteiger partial charge in [-0.2, -0.15) is 0 Å². The summed E-state index contributed by atoms with van der Waals surface area (Å²) in [6.07, 6.45) is 1.24. The first kappa shape index (κ1) is 10.5. The van der Waals surface area contributed by atoms with E-state index >= 15 is 0 Å². The average molecular weight is 230 g/mol. The molecular weight excluding hydrogens is 216 g/mol. The van der Waals surface area contributed by atoms with Crippen LogP contribution in [-0.2, 0) is 9.84 Å². The Morgan fingerprint density at radius 3 is 2.47 bits per heavy atom. The van der Waals surface area contributed by atoms with Gasteiger partial charge < -0.3 is 10.3 Å². The number of rotatable bonds is 1. The van der Waals surface area contributed by atoms with Crippen LogP contribution in [0, 0.1) is 6.92 Å². The van der Waals surface area contributed by atoms with E-state index in [0.717, 1.165) is 11.3 Å². The number of nitrogen functional groups attached to an aromatic ring is 1. The van der Waals surface area contributed by atoms with Gasteiger partial charge in [0.1, 0.15) is 9.84 Å². The van der Waals surface area contributed by atoms with Crippen molar-refractivity contribution in [3.63, 3.8) is 0 Å². The Balaban J connectivity index is 2.21. The Morgan fingerprint density at radius 1 is 1.40 bits per heavy atom. The first-order valence-electron chi connectivity index (χ1n) is 4.91. The number of sulfone groups is 1. The van der Waals surface area contributed by atoms with E-state index in [2.05, 4.69) is 5.16 Å². The van der Waals surface area contributed by atoms with Crippen LogP contribution in [0.3, 0.4) is 0 Å². The van der Waals surface area contributed by atoms with Gasteiger partial charge in [0, 0.05) is 5.56 Å². The van der Waals surface area contributed by atoms with E-state index in [0.29, 0.717) is 18.7 Å². The molecule has 0 aromatic carbocycles. The van der Waals surface area contributed by atoms with Gasteiger partial charge in [0.05, 0.1) is 17.2 Å². The molecule has 1 aliphatic rings. The van der Waals surface area contributed by atoms with Crippen LogP contribution in [0.5, 0.6) is 0 Å². The van der Waals surface area contributed by atoms with Crippen molar-refractivity contribution in [2.75, 3.05) is 17.2 Å². The van der Waals surface area contributed by atoms with Gasteiger partial charge in [0.2, 0.25) is 5.88 Å². The maximum absolute atomic E-state index is 11.3. The monoisotopic (exact) mass is 230 g/mol. The number of hydrogen-bond donors (Lipinski definition) is 1. The number of hydrogen-bond acceptors (Lipinski definition) is 5. The van der Waals surface area contributed by atoms with Crippen molar-refractivity contribution in [3.05, 3.63) is 11.3 Å². The molecule has 0 bridgehead atoms. The molecule has 1 aliphatic heterocycles. The van der Waals surface area contributed by atoms with Crippen molar-refractivity contribution in [1.29, 1.82) is 0 Å². The zero-order valence-corrected chi connectivity index (χ0v) is 9.38. The molecule has 2 rings (SSSR count). The van der Waals surface area contributed by atoms with E-state index in [4.69, 9.17) is 10.3 Å². The second kappa shape index (κ2) is 3.52. The van der Waals surface area contributed by atoms with Crippen LogP contribution in [-0.4, -0.2) is 25.1 Å². The smallest absolute Gasteiger partial charge is 0.225 e. The average Bonchev–Trinajstić information content (AvgIpc) is 2.48. The summed E-state index contributed by atoms with van der Waals surface area (Å²) < 4.78 is 27.4. The van der Waals surface area contributed by atoms with Gasteiger partial charge in [-0.1, -0.05) is 5.16 Å². The van der Waals surface area contributed by atoms with E-state index in [9.17, 15) is 8.42 Å². The summed E-state index contributed by atoms with van der Waals surface area (Å²) in [5.74, 6) is 0.986. The van der Waals surface area contributed by atoms with Gasteiger partial charge in [0.15, 0.2) is 0 Å². The lowest BCUT2D eigenvalue weighted by molar-refractivity contribution is 0.430. The Bertz CT molecular complexity index is 430. The highest BCUT2D eigenvalue weighted by Gasteiger charge is 2.28. The largest absolute Gasteiger partial charge is 0.367 e. The molecule has 15 heavy (non-hydrogen) atoms. The highest BCUT2D eigenvalue weighted by Crippen LogP contribution is 2.34. The molecule has 0 spiro atoms. The maximum Gasteiger partial charge on any atom is 0.225 e. The first-order valence-corrected chi connectivity index (χ1v) is 6.74. The summed E-state index contributed by atoms with van der Waals surface area (Å²) in [5, 5.41) is 3.78. The summed E-state index contributed by atoms with van der Waals surface area (Å²) in [7, 11) is -2.82. The Kier molecular flexibility index (Phi) is 2.46. The summed E-state index contributed by atoms with van der Waals surface area (Å²) in [6, 6.07) is 0. The van der Waals surface area contributed by atoms with Gasteiger partial charge in [0.25, 0.3) is 0 Å². The molecule has 1 aromatic rings. The summed E-state index contributed by atoms with van der Waals surface area (Å²) in [6.45, 7) is 1.83. The van der Waals surface area contributed by atoms with Crippen LogP contribution in [0.25, 0.3) is 0 Å². The molecule has 1 aromatic heterocycles. The molecule has 0 unspecified atom stereocenters. The molecule has 2 N–H and O–H groups in total. The Morgan fingerprint density at radius 2 is 2.00 bits per heavy atom. The van der Waals surface area contributed by atoms with Crippen molar-refractivity contribution >= 4 is 15.7 Å². The van der Waals surface area contributed by atoms with Crippen LogP contribution < -0.4 is 5.73 Å². The molecule has 6 heteroatoms. The van der Waals surface area contributed by atoms with Gasteiger partial charge in [-0.05, 0) is 25.7 Å². The number of nitrogens with zero attached hydrogens (tertiary/aromatic N) is 1. The first-order chi connectivity index (χ1) is 6.99. The lowest BCUT2D eigenvalue weighted by Gasteiger charge is -2.21. The SMILES string of the molecule is Cc1noc(N)c1C1CCS(=O)(=O)CC1. The van der Waals surface area contributed by atoms with Gasteiger partial charge in [-0.3, -0.25) is 0 Å². The number of aryl methyl sites for hydroxylation is 1. The standard InChI is InChI=1S/C9H14N2O3S/c1-6-8(9(10)14-11-6)7-2-4-15(12,13)5-3-7/h7H,2-5,10H2,1H3. The van der Waals surface area contributed by atoms with Crippen LogP contribution in [0.15, 0.2) is 4.52 Å². The van der Waals surface area contributed by atoms with E-state index in [1.165, 1.54) is 0 Å². The lowest BCUT2D eigenvalue weighted by Crippen LogP contribution is -2.22. The molecular formula is C9H14N2O3S. The summed E-state index contributed by atoms with van der Waals surface area (Å²) >= 11 is 0. The second-order valence-corrected chi connectivity index (χ2v) is 6.28. The zero-order valence-electron chi connectivity index (χ0n) is 8.56. The third-order valence-corrected chi connectivity index (χ3v) is 4.61. The topological polar surface area (TPSA) is 86.2 Å². The van der Waals surface area contributed by atoms with E-state index in [1.807, 2.05) is 6.92 Å². The van der Waals surface area contributed by atoms with E-state index < -0.39 is 9.84 Å². The van der Waals surface area contributed by atoms with Gasteiger partial charge in [-0.15, -0.1) is 0 Å². The highest BCUT2D eigenvalue weighted by molar-refractivity contribution is 7.91. The van der Waals surface area contributed by atoms with E-state index in [-0.39, 0.29) is 17.4 Å². The Labute approximate surface area is 88.5 Å². The molecule has 1 saturated heterocycles. The summed E-state index contributed by atoms with van der Waals surface area (Å²) in [4.78, 5) is 0. The van der Waals surface area contributed by atoms with Gasteiger partial charge >= 0.3 is 0 Å². The third-order valence-electron chi connectivity index (χ3n) is 2.90. The molecule has 5 nitrogen and oxygen atoms in total. The molecule has 0 amide bonds. The zero-order chi connectivity index (χ0) is 11.1. The van der Waals surface area contributed by atoms with Crippen molar-refractivity contribution in [2.45, 2.75) is 25.7 Å². The quantitative estimate of drug-likeness (QED) is 0.773. The minimum absolute atomic E-state index is 0.180. The van der Waals surface area contributed by atoms with Gasteiger partial charge in [-0.25, -0.2) is 8.42 Å². The van der Waals surface area contributed by atoms with Crippen LogP contribution in [0.2, 0.25) is 0 Å².